The van der Waals surface area contributed by atoms with E-state index in [-0.39, 0.29) is 11.8 Å². The van der Waals surface area contributed by atoms with Crippen molar-refractivity contribution in [2.75, 3.05) is 37.6 Å². The molecule has 192 valence electrons. The highest BCUT2D eigenvalue weighted by Crippen LogP contribution is 2.36. The van der Waals surface area contributed by atoms with Crippen LogP contribution >= 0.6 is 0 Å². The minimum atomic E-state index is -0.650. The number of anilines is 2. The maximum Gasteiger partial charge on any atom is 0.267 e. The van der Waals surface area contributed by atoms with Gasteiger partial charge < -0.3 is 29.2 Å². The van der Waals surface area contributed by atoms with Crippen molar-refractivity contribution in [1.82, 2.24) is 0 Å². The molecule has 3 aromatic carbocycles. The molecule has 37 heavy (non-hydrogen) atoms. The van der Waals surface area contributed by atoms with E-state index in [0.717, 1.165) is 16.9 Å². The number of hydrogen-bond acceptors (Lipinski definition) is 6. The molecule has 0 bridgehead atoms. The second-order valence-electron chi connectivity index (χ2n) is 8.53. The molecule has 3 aromatic rings. The van der Waals surface area contributed by atoms with Crippen LogP contribution in [0.1, 0.15) is 18.1 Å². The third-order valence-corrected chi connectivity index (χ3v) is 5.88. The molecule has 1 atom stereocenters. The van der Waals surface area contributed by atoms with Crippen molar-refractivity contribution in [3.05, 3.63) is 77.9 Å². The highest BCUT2D eigenvalue weighted by atomic mass is 16.5. The minimum Gasteiger partial charge on any atom is -0.493 e. The van der Waals surface area contributed by atoms with Crippen molar-refractivity contribution in [3.8, 4) is 23.0 Å². The second kappa shape index (κ2) is 11.5. The van der Waals surface area contributed by atoms with E-state index in [1.54, 1.807) is 62.5 Å². The van der Waals surface area contributed by atoms with Gasteiger partial charge in [-0.05, 0) is 61.9 Å². The van der Waals surface area contributed by atoms with E-state index in [1.165, 1.54) is 6.08 Å². The van der Waals surface area contributed by atoms with Gasteiger partial charge in [-0.2, -0.15) is 0 Å². The summed E-state index contributed by atoms with van der Waals surface area (Å²) in [4.78, 5) is 27.0. The highest BCUT2D eigenvalue weighted by molar-refractivity contribution is 6.03. The SMILES string of the molecule is COc1ccc(/C=C/C(=O)Nc2ccc3c(c2)OC(C)C(=O)N3CCOc2ccc(C)cc2)cc1OC. The van der Waals surface area contributed by atoms with Gasteiger partial charge in [-0.25, -0.2) is 0 Å². The first-order valence-electron chi connectivity index (χ1n) is 11.9. The van der Waals surface area contributed by atoms with Crippen LogP contribution in [0, 0.1) is 6.92 Å². The molecule has 4 rings (SSSR count). The van der Waals surface area contributed by atoms with Crippen molar-refractivity contribution < 1.29 is 28.5 Å². The summed E-state index contributed by atoms with van der Waals surface area (Å²) in [6, 6.07) is 18.4. The number of nitrogens with zero attached hydrogens (tertiary/aromatic N) is 1. The van der Waals surface area contributed by atoms with Crippen LogP contribution in [0.3, 0.4) is 0 Å². The molecule has 0 aromatic heterocycles. The molecule has 0 saturated carbocycles. The van der Waals surface area contributed by atoms with Crippen LogP contribution in [0.25, 0.3) is 6.08 Å². The van der Waals surface area contributed by atoms with Gasteiger partial charge in [0.15, 0.2) is 17.6 Å². The Morgan fingerprint density at radius 1 is 1.03 bits per heavy atom. The van der Waals surface area contributed by atoms with Crippen molar-refractivity contribution in [2.45, 2.75) is 20.0 Å². The molecular weight excluding hydrogens is 472 g/mol. The maximum atomic E-state index is 12.8. The predicted molar refractivity (Wildman–Crippen MR) is 143 cm³/mol. The Bertz CT molecular complexity index is 1300. The fourth-order valence-corrected chi connectivity index (χ4v) is 3.92. The standard InChI is InChI=1S/C29H30N2O6/c1-19-5-10-23(11-6-19)36-16-15-31-24-12-9-22(18-26(24)37-20(2)29(31)33)30-28(32)14-8-21-7-13-25(34-3)27(17-21)35-4/h5-14,17-18,20H,15-16H2,1-4H3,(H,30,32)/b14-8+. The average Bonchev–Trinajstić information content (AvgIpc) is 2.90. The van der Waals surface area contributed by atoms with E-state index in [9.17, 15) is 9.59 Å². The Balaban J connectivity index is 1.41. The number of amides is 2. The van der Waals surface area contributed by atoms with Crippen molar-refractivity contribution in [3.63, 3.8) is 0 Å². The quantitative estimate of drug-likeness (QED) is 0.421. The normalized spacial score (nSPS) is 14.6. The molecule has 0 spiro atoms. The van der Waals surface area contributed by atoms with E-state index in [4.69, 9.17) is 18.9 Å². The first-order chi connectivity index (χ1) is 17.9. The van der Waals surface area contributed by atoms with Crippen LogP contribution in [0.15, 0.2) is 66.7 Å². The lowest BCUT2D eigenvalue weighted by Crippen LogP contribution is -2.46. The van der Waals surface area contributed by atoms with Gasteiger partial charge in [0, 0.05) is 17.8 Å². The number of hydrogen-bond donors (Lipinski definition) is 1. The summed E-state index contributed by atoms with van der Waals surface area (Å²) in [5.74, 6) is 2.01. The van der Waals surface area contributed by atoms with Crippen LogP contribution in [-0.2, 0) is 9.59 Å². The van der Waals surface area contributed by atoms with Gasteiger partial charge in [0.25, 0.3) is 5.91 Å². The molecule has 1 N–H and O–H groups in total. The number of fused-ring (bicyclic) bond motifs is 1. The number of carbonyl (C=O) groups is 2. The van der Waals surface area contributed by atoms with Crippen LogP contribution in [0.4, 0.5) is 11.4 Å². The number of benzene rings is 3. The van der Waals surface area contributed by atoms with Crippen LogP contribution in [0.2, 0.25) is 0 Å². The summed E-state index contributed by atoms with van der Waals surface area (Å²) in [5, 5.41) is 2.83. The Morgan fingerprint density at radius 2 is 1.78 bits per heavy atom. The highest BCUT2D eigenvalue weighted by Gasteiger charge is 2.31. The fraction of sp³-hybridized carbons (Fsp3) is 0.241. The molecule has 8 heteroatoms. The lowest BCUT2D eigenvalue weighted by atomic mass is 10.1. The zero-order valence-electron chi connectivity index (χ0n) is 21.3. The molecule has 1 aliphatic rings. The third-order valence-electron chi connectivity index (χ3n) is 5.88. The lowest BCUT2D eigenvalue weighted by molar-refractivity contribution is -0.125. The number of aryl methyl sites for hydroxylation is 1. The summed E-state index contributed by atoms with van der Waals surface area (Å²) >= 11 is 0. The Morgan fingerprint density at radius 3 is 2.51 bits per heavy atom. The van der Waals surface area contributed by atoms with E-state index in [2.05, 4.69) is 5.32 Å². The van der Waals surface area contributed by atoms with Gasteiger partial charge in [0.2, 0.25) is 5.91 Å². The van der Waals surface area contributed by atoms with Gasteiger partial charge in [0.05, 0.1) is 26.5 Å². The smallest absolute Gasteiger partial charge is 0.267 e. The first kappa shape index (κ1) is 25.6. The van der Waals surface area contributed by atoms with Crippen LogP contribution < -0.4 is 29.2 Å². The molecule has 2 amide bonds. The second-order valence-corrected chi connectivity index (χ2v) is 8.53. The largest absolute Gasteiger partial charge is 0.493 e. The molecule has 8 nitrogen and oxygen atoms in total. The molecule has 1 aliphatic heterocycles. The van der Waals surface area contributed by atoms with Crippen LogP contribution in [-0.4, -0.2) is 45.3 Å². The first-order valence-corrected chi connectivity index (χ1v) is 11.9. The minimum absolute atomic E-state index is 0.144. The van der Waals surface area contributed by atoms with Crippen molar-refractivity contribution in [1.29, 1.82) is 0 Å². The summed E-state index contributed by atoms with van der Waals surface area (Å²) in [7, 11) is 3.13. The topological polar surface area (TPSA) is 86.3 Å². The average molecular weight is 503 g/mol. The van der Waals surface area contributed by atoms with Gasteiger partial charge in [-0.3, -0.25) is 9.59 Å². The van der Waals surface area contributed by atoms with E-state index >= 15 is 0 Å². The van der Waals surface area contributed by atoms with Crippen molar-refractivity contribution in [2.24, 2.45) is 0 Å². The van der Waals surface area contributed by atoms with Gasteiger partial charge in [-0.1, -0.05) is 23.8 Å². The Kier molecular flexibility index (Phi) is 7.98. The zero-order valence-corrected chi connectivity index (χ0v) is 21.3. The van der Waals surface area contributed by atoms with E-state index in [1.807, 2.05) is 37.3 Å². The number of carbonyl (C=O) groups excluding carboxylic acids is 2. The molecule has 0 fully saturated rings. The summed E-state index contributed by atoms with van der Waals surface area (Å²) < 4.78 is 22.2. The summed E-state index contributed by atoms with van der Waals surface area (Å²) in [6.45, 7) is 4.42. The molecule has 1 unspecified atom stereocenters. The Hall–Kier alpha value is -4.46. The number of rotatable bonds is 9. The third kappa shape index (κ3) is 6.22. The molecule has 0 saturated heterocycles. The lowest BCUT2D eigenvalue weighted by Gasteiger charge is -2.33. The Labute approximate surface area is 216 Å². The van der Waals surface area contributed by atoms with E-state index in [0.29, 0.717) is 41.8 Å². The number of nitrogens with one attached hydrogen (secondary N) is 1. The predicted octanol–water partition coefficient (Wildman–Crippen LogP) is 4.86. The number of methoxy groups -OCH3 is 2. The monoisotopic (exact) mass is 502 g/mol. The summed E-state index contributed by atoms with van der Waals surface area (Å²) in [5.41, 5.74) is 3.13. The fourth-order valence-electron chi connectivity index (χ4n) is 3.92. The molecule has 0 radical (unpaired) electrons. The summed E-state index contributed by atoms with van der Waals surface area (Å²) in [6.07, 6.45) is 2.47. The van der Waals surface area contributed by atoms with E-state index < -0.39 is 6.10 Å². The molecule has 0 aliphatic carbocycles. The van der Waals surface area contributed by atoms with Crippen LogP contribution in [0.5, 0.6) is 23.0 Å². The van der Waals surface area contributed by atoms with Gasteiger partial charge >= 0.3 is 0 Å². The molecule has 1 heterocycles. The number of ether oxygens (including phenoxy) is 4. The van der Waals surface area contributed by atoms with Gasteiger partial charge in [-0.15, -0.1) is 0 Å². The van der Waals surface area contributed by atoms with Crippen molar-refractivity contribution >= 4 is 29.3 Å². The molecular formula is C29H30N2O6. The van der Waals surface area contributed by atoms with Gasteiger partial charge in [0.1, 0.15) is 18.1 Å². The maximum absolute atomic E-state index is 12.8. The zero-order chi connectivity index (χ0) is 26.4.